The molecule has 0 unspecified atom stereocenters. The van der Waals surface area contributed by atoms with Crippen molar-refractivity contribution in [3.63, 3.8) is 0 Å². The van der Waals surface area contributed by atoms with Gasteiger partial charge in [0.25, 0.3) is 5.56 Å². The number of halogens is 1. The van der Waals surface area contributed by atoms with Crippen LogP contribution in [0.4, 0.5) is 16.2 Å². The highest BCUT2D eigenvalue weighted by Gasteiger charge is 2.15. The third kappa shape index (κ3) is 2.04. The molecule has 0 radical (unpaired) electrons. The monoisotopic (exact) mass is 248 g/mol. The molecule has 0 amide bonds. The summed E-state index contributed by atoms with van der Waals surface area (Å²) in [5, 5.41) is 0. The maximum Gasteiger partial charge on any atom is 0.262 e. The Morgan fingerprint density at radius 1 is 1.33 bits per heavy atom. The molecule has 2 rings (SSSR count). The Kier molecular flexibility index (Phi) is 3.01. The maximum atomic E-state index is 13.6. The second kappa shape index (κ2) is 4.48. The fraction of sp³-hybridized carbons (Fsp3) is 0.167. The van der Waals surface area contributed by atoms with E-state index in [9.17, 15) is 9.18 Å². The van der Waals surface area contributed by atoms with Crippen LogP contribution in [0, 0.1) is 5.82 Å². The molecule has 0 spiro atoms. The van der Waals surface area contributed by atoms with E-state index in [-0.39, 0.29) is 16.9 Å². The van der Waals surface area contributed by atoms with Crippen LogP contribution in [0.1, 0.15) is 0 Å². The number of nitrogen functional groups attached to an aromatic ring is 1. The number of nitrogens with two attached hydrogens (primary N) is 1. The lowest BCUT2D eigenvalue weighted by molar-refractivity contribution is 0.631. The zero-order valence-corrected chi connectivity index (χ0v) is 10.1. The van der Waals surface area contributed by atoms with Gasteiger partial charge in [-0.25, -0.2) is 4.39 Å². The van der Waals surface area contributed by atoms with E-state index in [1.54, 1.807) is 31.1 Å². The summed E-state index contributed by atoms with van der Waals surface area (Å²) in [6, 6.07) is 5.95. The van der Waals surface area contributed by atoms with E-state index < -0.39 is 11.4 Å². The Balaban J connectivity index is 2.67. The summed E-state index contributed by atoms with van der Waals surface area (Å²) in [6.07, 6.45) is 0. The Hall–Kier alpha value is -2.37. The van der Waals surface area contributed by atoms with Crippen LogP contribution in [0.25, 0.3) is 11.1 Å². The van der Waals surface area contributed by atoms with Crippen molar-refractivity contribution in [1.82, 2.24) is 9.97 Å². The topological polar surface area (TPSA) is 75.0 Å². The molecule has 1 heterocycles. The number of rotatable bonds is 2. The molecule has 0 atom stereocenters. The Morgan fingerprint density at radius 2 is 2.00 bits per heavy atom. The highest BCUT2D eigenvalue weighted by atomic mass is 19.1. The summed E-state index contributed by atoms with van der Waals surface area (Å²) < 4.78 is 13.6. The lowest BCUT2D eigenvalue weighted by atomic mass is 10.1. The number of hydrogen-bond acceptors (Lipinski definition) is 4. The van der Waals surface area contributed by atoms with Gasteiger partial charge < -0.3 is 10.6 Å². The molecule has 1 aromatic carbocycles. The molecule has 0 saturated heterocycles. The van der Waals surface area contributed by atoms with Gasteiger partial charge in [-0.3, -0.25) is 9.78 Å². The number of aromatic nitrogens is 2. The molecule has 0 aliphatic rings. The first-order valence-electron chi connectivity index (χ1n) is 5.32. The summed E-state index contributed by atoms with van der Waals surface area (Å²) in [4.78, 5) is 20.1. The van der Waals surface area contributed by atoms with E-state index >= 15 is 0 Å². The van der Waals surface area contributed by atoms with Gasteiger partial charge in [0.1, 0.15) is 11.6 Å². The lowest BCUT2D eigenvalue weighted by Crippen LogP contribution is -2.21. The Labute approximate surface area is 103 Å². The van der Waals surface area contributed by atoms with Crippen molar-refractivity contribution in [3.8, 4) is 11.1 Å². The SMILES string of the molecule is CN(C)c1nc(N)c(-c2ccccc2F)c(=O)[nH]1. The molecule has 5 nitrogen and oxygen atoms in total. The summed E-state index contributed by atoms with van der Waals surface area (Å²) in [5.74, 6) is -0.167. The highest BCUT2D eigenvalue weighted by molar-refractivity contribution is 5.73. The first-order chi connectivity index (χ1) is 8.50. The first-order valence-corrected chi connectivity index (χ1v) is 5.32. The third-order valence-corrected chi connectivity index (χ3v) is 2.50. The molecule has 0 saturated carbocycles. The zero-order chi connectivity index (χ0) is 13.3. The second-order valence-electron chi connectivity index (χ2n) is 4.02. The van der Waals surface area contributed by atoms with Crippen LogP contribution < -0.4 is 16.2 Å². The Morgan fingerprint density at radius 3 is 2.56 bits per heavy atom. The van der Waals surface area contributed by atoms with E-state index in [1.807, 2.05) is 0 Å². The number of nitrogens with zero attached hydrogens (tertiary/aromatic N) is 2. The van der Waals surface area contributed by atoms with E-state index in [0.29, 0.717) is 5.95 Å². The van der Waals surface area contributed by atoms with Crippen LogP contribution in [0.15, 0.2) is 29.1 Å². The first kappa shape index (κ1) is 12.1. The molecule has 0 bridgehead atoms. The van der Waals surface area contributed by atoms with E-state index in [2.05, 4.69) is 9.97 Å². The molecule has 3 N–H and O–H groups in total. The molecule has 6 heteroatoms. The lowest BCUT2D eigenvalue weighted by Gasteiger charge is -2.13. The number of nitrogens with one attached hydrogen (secondary N) is 1. The number of hydrogen-bond donors (Lipinski definition) is 2. The average molecular weight is 248 g/mol. The number of aromatic amines is 1. The minimum atomic E-state index is -0.505. The Bertz CT molecular complexity index is 636. The number of benzene rings is 1. The van der Waals surface area contributed by atoms with Crippen molar-refractivity contribution in [3.05, 3.63) is 40.4 Å². The molecule has 2 aromatic rings. The molecule has 0 fully saturated rings. The van der Waals surface area contributed by atoms with Gasteiger partial charge in [0.15, 0.2) is 0 Å². The highest BCUT2D eigenvalue weighted by Crippen LogP contribution is 2.23. The fourth-order valence-corrected chi connectivity index (χ4v) is 1.61. The third-order valence-electron chi connectivity index (χ3n) is 2.50. The zero-order valence-electron chi connectivity index (χ0n) is 10.1. The smallest absolute Gasteiger partial charge is 0.262 e. The van der Waals surface area contributed by atoms with Gasteiger partial charge in [-0.2, -0.15) is 4.98 Å². The number of H-pyrrole nitrogens is 1. The quantitative estimate of drug-likeness (QED) is 0.838. The molecule has 0 aliphatic carbocycles. The van der Waals surface area contributed by atoms with Crippen LogP contribution in [-0.4, -0.2) is 24.1 Å². The summed E-state index contributed by atoms with van der Waals surface area (Å²) >= 11 is 0. The largest absolute Gasteiger partial charge is 0.383 e. The van der Waals surface area contributed by atoms with Gasteiger partial charge in [-0.05, 0) is 6.07 Å². The van der Waals surface area contributed by atoms with Crippen molar-refractivity contribution < 1.29 is 4.39 Å². The molecule has 1 aromatic heterocycles. The summed E-state index contributed by atoms with van der Waals surface area (Å²) in [5.41, 5.74) is 5.48. The second-order valence-corrected chi connectivity index (χ2v) is 4.02. The van der Waals surface area contributed by atoms with Crippen molar-refractivity contribution in [2.45, 2.75) is 0 Å². The number of anilines is 2. The predicted molar refractivity (Wildman–Crippen MR) is 69.0 cm³/mol. The van der Waals surface area contributed by atoms with Crippen molar-refractivity contribution in [2.24, 2.45) is 0 Å². The van der Waals surface area contributed by atoms with E-state index in [4.69, 9.17) is 5.73 Å². The summed E-state index contributed by atoms with van der Waals surface area (Å²) in [7, 11) is 3.45. The van der Waals surface area contributed by atoms with Crippen molar-refractivity contribution in [2.75, 3.05) is 24.7 Å². The van der Waals surface area contributed by atoms with E-state index in [1.165, 1.54) is 12.1 Å². The predicted octanol–water partition coefficient (Wildman–Crippen LogP) is 1.22. The van der Waals surface area contributed by atoms with Gasteiger partial charge in [0.2, 0.25) is 5.95 Å². The van der Waals surface area contributed by atoms with Gasteiger partial charge in [0, 0.05) is 19.7 Å². The molecular formula is C12H13FN4O. The minimum Gasteiger partial charge on any atom is -0.383 e. The van der Waals surface area contributed by atoms with Crippen molar-refractivity contribution >= 4 is 11.8 Å². The fourth-order valence-electron chi connectivity index (χ4n) is 1.61. The van der Waals surface area contributed by atoms with Gasteiger partial charge in [-0.15, -0.1) is 0 Å². The van der Waals surface area contributed by atoms with Gasteiger partial charge in [0.05, 0.1) is 5.56 Å². The van der Waals surface area contributed by atoms with Gasteiger partial charge in [-0.1, -0.05) is 18.2 Å². The summed E-state index contributed by atoms with van der Waals surface area (Å²) in [6.45, 7) is 0. The van der Waals surface area contributed by atoms with E-state index in [0.717, 1.165) is 0 Å². The van der Waals surface area contributed by atoms with Crippen molar-refractivity contribution in [1.29, 1.82) is 0 Å². The van der Waals surface area contributed by atoms with Gasteiger partial charge >= 0.3 is 0 Å². The normalized spacial score (nSPS) is 10.4. The van der Waals surface area contributed by atoms with Crippen LogP contribution in [0.5, 0.6) is 0 Å². The van der Waals surface area contributed by atoms with Crippen LogP contribution in [0.2, 0.25) is 0 Å². The maximum absolute atomic E-state index is 13.6. The van der Waals surface area contributed by atoms with Crippen LogP contribution >= 0.6 is 0 Å². The van der Waals surface area contributed by atoms with Crippen LogP contribution in [-0.2, 0) is 0 Å². The molecule has 18 heavy (non-hydrogen) atoms. The average Bonchev–Trinajstić information content (AvgIpc) is 2.30. The molecule has 0 aliphatic heterocycles. The van der Waals surface area contributed by atoms with Crippen LogP contribution in [0.3, 0.4) is 0 Å². The minimum absolute atomic E-state index is 0.00699. The molecule has 94 valence electrons. The standard InChI is InChI=1S/C12H13FN4O/c1-17(2)12-15-10(14)9(11(18)16-12)7-5-3-4-6-8(7)13/h3-6H,1-2H3,(H3,14,15,16,18). The molecular weight excluding hydrogens is 235 g/mol.